The van der Waals surface area contributed by atoms with Gasteiger partial charge in [0.05, 0.1) is 0 Å². The SMILES string of the molecule is Cc1nc(C(=O)N(C)Cc2cccc(Br)c2)n[nH]1. The van der Waals surface area contributed by atoms with Gasteiger partial charge in [-0.3, -0.25) is 9.89 Å². The second-order valence-electron chi connectivity index (χ2n) is 4.04. The van der Waals surface area contributed by atoms with Gasteiger partial charge in [0.2, 0.25) is 5.82 Å². The van der Waals surface area contributed by atoms with Crippen LogP contribution in [0.25, 0.3) is 0 Å². The number of halogens is 1. The maximum absolute atomic E-state index is 12.0. The van der Waals surface area contributed by atoms with Crippen LogP contribution in [-0.2, 0) is 6.54 Å². The lowest BCUT2D eigenvalue weighted by molar-refractivity contribution is 0.0773. The number of aromatic amines is 1. The molecule has 0 unspecified atom stereocenters. The van der Waals surface area contributed by atoms with Gasteiger partial charge in [0.25, 0.3) is 5.91 Å². The molecule has 0 radical (unpaired) electrons. The molecule has 0 spiro atoms. The number of H-pyrrole nitrogens is 1. The van der Waals surface area contributed by atoms with E-state index in [2.05, 4.69) is 31.1 Å². The fraction of sp³-hybridized carbons (Fsp3) is 0.250. The molecule has 0 atom stereocenters. The average molecular weight is 309 g/mol. The van der Waals surface area contributed by atoms with Gasteiger partial charge in [0.15, 0.2) is 0 Å². The maximum Gasteiger partial charge on any atom is 0.293 e. The Morgan fingerprint density at radius 3 is 2.89 bits per heavy atom. The molecule has 94 valence electrons. The van der Waals surface area contributed by atoms with E-state index in [9.17, 15) is 4.79 Å². The molecular formula is C12H13BrN4O. The Morgan fingerprint density at radius 1 is 1.50 bits per heavy atom. The van der Waals surface area contributed by atoms with Gasteiger partial charge in [-0.25, -0.2) is 4.98 Å². The summed E-state index contributed by atoms with van der Waals surface area (Å²) in [5, 5.41) is 6.52. The number of aryl methyl sites for hydroxylation is 1. The standard InChI is InChI=1S/C12H13BrN4O/c1-8-14-11(16-15-8)12(18)17(2)7-9-4-3-5-10(13)6-9/h3-6H,7H2,1-2H3,(H,14,15,16). The summed E-state index contributed by atoms with van der Waals surface area (Å²) in [6.07, 6.45) is 0. The number of nitrogens with one attached hydrogen (secondary N) is 1. The molecular weight excluding hydrogens is 296 g/mol. The molecule has 2 rings (SSSR count). The van der Waals surface area contributed by atoms with Crippen molar-refractivity contribution in [1.29, 1.82) is 0 Å². The summed E-state index contributed by atoms with van der Waals surface area (Å²) >= 11 is 3.40. The first-order chi connectivity index (χ1) is 8.56. The van der Waals surface area contributed by atoms with Gasteiger partial charge >= 0.3 is 0 Å². The summed E-state index contributed by atoms with van der Waals surface area (Å²) in [7, 11) is 1.73. The van der Waals surface area contributed by atoms with Crippen molar-refractivity contribution in [1.82, 2.24) is 20.1 Å². The van der Waals surface area contributed by atoms with E-state index in [1.807, 2.05) is 24.3 Å². The number of rotatable bonds is 3. The van der Waals surface area contributed by atoms with E-state index in [1.54, 1.807) is 18.9 Å². The molecule has 18 heavy (non-hydrogen) atoms. The molecule has 0 bridgehead atoms. The van der Waals surface area contributed by atoms with Gasteiger partial charge in [0.1, 0.15) is 5.82 Å². The molecule has 0 aliphatic heterocycles. The van der Waals surface area contributed by atoms with Crippen molar-refractivity contribution >= 4 is 21.8 Å². The number of carbonyl (C=O) groups excluding carboxylic acids is 1. The van der Waals surface area contributed by atoms with Gasteiger partial charge in [-0.15, -0.1) is 5.10 Å². The van der Waals surface area contributed by atoms with Crippen molar-refractivity contribution in [3.05, 3.63) is 46.0 Å². The Balaban J connectivity index is 2.08. The van der Waals surface area contributed by atoms with Crippen LogP contribution in [0.15, 0.2) is 28.7 Å². The van der Waals surface area contributed by atoms with Crippen molar-refractivity contribution in [3.63, 3.8) is 0 Å². The zero-order valence-electron chi connectivity index (χ0n) is 10.1. The lowest BCUT2D eigenvalue weighted by atomic mass is 10.2. The summed E-state index contributed by atoms with van der Waals surface area (Å²) in [6, 6.07) is 7.84. The molecule has 2 aromatic rings. The quantitative estimate of drug-likeness (QED) is 0.945. The first-order valence-corrected chi connectivity index (χ1v) is 6.24. The molecule has 0 aliphatic carbocycles. The first kappa shape index (κ1) is 12.8. The fourth-order valence-electron chi connectivity index (χ4n) is 1.59. The highest BCUT2D eigenvalue weighted by molar-refractivity contribution is 9.10. The van der Waals surface area contributed by atoms with E-state index in [-0.39, 0.29) is 11.7 Å². The highest BCUT2D eigenvalue weighted by Crippen LogP contribution is 2.13. The van der Waals surface area contributed by atoms with E-state index in [4.69, 9.17) is 0 Å². The molecule has 5 nitrogen and oxygen atoms in total. The number of hydrogen-bond donors (Lipinski definition) is 1. The molecule has 1 heterocycles. The minimum Gasteiger partial charge on any atom is -0.335 e. The predicted molar refractivity (Wildman–Crippen MR) is 71.1 cm³/mol. The van der Waals surface area contributed by atoms with Crippen molar-refractivity contribution in [2.75, 3.05) is 7.05 Å². The van der Waals surface area contributed by atoms with Crippen LogP contribution in [0.4, 0.5) is 0 Å². The van der Waals surface area contributed by atoms with Crippen molar-refractivity contribution in [2.24, 2.45) is 0 Å². The third kappa shape index (κ3) is 2.95. The number of hydrogen-bond acceptors (Lipinski definition) is 3. The number of carbonyl (C=O) groups is 1. The monoisotopic (exact) mass is 308 g/mol. The number of aromatic nitrogens is 3. The second kappa shape index (κ2) is 5.30. The van der Waals surface area contributed by atoms with Crippen LogP contribution in [0, 0.1) is 6.92 Å². The Hall–Kier alpha value is -1.69. The average Bonchev–Trinajstić information content (AvgIpc) is 2.75. The Labute approximate surface area is 113 Å². The molecule has 0 aliphatic rings. The van der Waals surface area contributed by atoms with Gasteiger partial charge in [-0.2, -0.15) is 0 Å². The van der Waals surface area contributed by atoms with Gasteiger partial charge in [-0.1, -0.05) is 28.1 Å². The molecule has 1 aromatic heterocycles. The Morgan fingerprint density at radius 2 is 2.28 bits per heavy atom. The van der Waals surface area contributed by atoms with Crippen LogP contribution >= 0.6 is 15.9 Å². The van der Waals surface area contributed by atoms with Crippen molar-refractivity contribution in [2.45, 2.75) is 13.5 Å². The highest BCUT2D eigenvalue weighted by Gasteiger charge is 2.16. The van der Waals surface area contributed by atoms with E-state index >= 15 is 0 Å². The molecule has 6 heteroatoms. The summed E-state index contributed by atoms with van der Waals surface area (Å²) in [4.78, 5) is 17.6. The van der Waals surface area contributed by atoms with Gasteiger partial charge in [-0.05, 0) is 24.6 Å². The second-order valence-corrected chi connectivity index (χ2v) is 4.95. The van der Waals surface area contributed by atoms with Crippen LogP contribution in [-0.4, -0.2) is 33.0 Å². The summed E-state index contributed by atoms with van der Waals surface area (Å²) in [6.45, 7) is 2.28. The van der Waals surface area contributed by atoms with E-state index in [1.165, 1.54) is 0 Å². The Kier molecular flexibility index (Phi) is 3.76. The van der Waals surface area contributed by atoms with E-state index in [0.29, 0.717) is 12.4 Å². The van der Waals surface area contributed by atoms with E-state index < -0.39 is 0 Å². The summed E-state index contributed by atoms with van der Waals surface area (Å²) < 4.78 is 0.995. The largest absolute Gasteiger partial charge is 0.335 e. The lowest BCUT2D eigenvalue weighted by Gasteiger charge is -2.15. The predicted octanol–water partition coefficient (Wildman–Crippen LogP) is 2.15. The topological polar surface area (TPSA) is 61.9 Å². The Bertz CT molecular complexity index is 567. The molecule has 1 N–H and O–H groups in total. The van der Waals surface area contributed by atoms with Crippen LogP contribution in [0.5, 0.6) is 0 Å². The highest BCUT2D eigenvalue weighted by atomic mass is 79.9. The number of nitrogens with zero attached hydrogens (tertiary/aromatic N) is 3. The molecule has 1 aromatic carbocycles. The molecule has 0 fully saturated rings. The minimum atomic E-state index is -0.195. The van der Waals surface area contributed by atoms with Crippen LogP contribution in [0.2, 0.25) is 0 Å². The zero-order valence-corrected chi connectivity index (χ0v) is 11.7. The molecule has 1 amide bonds. The normalized spacial score (nSPS) is 10.4. The minimum absolute atomic E-state index is 0.195. The zero-order chi connectivity index (χ0) is 13.1. The van der Waals surface area contributed by atoms with Gasteiger partial charge in [0, 0.05) is 18.1 Å². The summed E-state index contributed by atoms with van der Waals surface area (Å²) in [5.74, 6) is 0.638. The van der Waals surface area contributed by atoms with Gasteiger partial charge < -0.3 is 4.90 Å². The number of benzene rings is 1. The van der Waals surface area contributed by atoms with Crippen molar-refractivity contribution in [3.8, 4) is 0 Å². The van der Waals surface area contributed by atoms with E-state index in [0.717, 1.165) is 10.0 Å². The summed E-state index contributed by atoms with van der Waals surface area (Å²) in [5.41, 5.74) is 1.05. The van der Waals surface area contributed by atoms with Crippen LogP contribution < -0.4 is 0 Å². The van der Waals surface area contributed by atoms with Crippen LogP contribution in [0.1, 0.15) is 22.0 Å². The molecule has 0 saturated carbocycles. The first-order valence-electron chi connectivity index (χ1n) is 5.45. The third-order valence-electron chi connectivity index (χ3n) is 2.44. The third-order valence-corrected chi connectivity index (χ3v) is 2.94. The van der Waals surface area contributed by atoms with Crippen molar-refractivity contribution < 1.29 is 4.79 Å². The number of amides is 1. The lowest BCUT2D eigenvalue weighted by Crippen LogP contribution is -2.27. The fourth-order valence-corrected chi connectivity index (χ4v) is 2.04. The molecule has 0 saturated heterocycles. The maximum atomic E-state index is 12.0. The van der Waals surface area contributed by atoms with Crippen LogP contribution in [0.3, 0.4) is 0 Å². The smallest absolute Gasteiger partial charge is 0.293 e.